The van der Waals surface area contributed by atoms with Gasteiger partial charge in [0.1, 0.15) is 13.2 Å². The Kier molecular flexibility index (Phi) is 61.3. The van der Waals surface area contributed by atoms with Crippen molar-refractivity contribution in [1.82, 2.24) is 0 Å². The molecule has 1 unspecified atom stereocenters. The maximum Gasteiger partial charge on any atom is 0.306 e. The first-order valence-corrected chi connectivity index (χ1v) is 32.4. The van der Waals surface area contributed by atoms with Gasteiger partial charge in [0.2, 0.25) is 0 Å². The van der Waals surface area contributed by atoms with Crippen molar-refractivity contribution in [2.24, 2.45) is 0 Å². The highest BCUT2D eigenvalue weighted by molar-refractivity contribution is 5.71. The van der Waals surface area contributed by atoms with Crippen LogP contribution in [0.2, 0.25) is 0 Å². The Morgan fingerprint density at radius 2 is 0.506 bits per heavy atom. The van der Waals surface area contributed by atoms with Crippen LogP contribution in [0.15, 0.2) is 109 Å². The van der Waals surface area contributed by atoms with Gasteiger partial charge in [-0.15, -0.1) is 0 Å². The summed E-state index contributed by atoms with van der Waals surface area (Å²) in [5.41, 5.74) is 0. The first-order chi connectivity index (χ1) is 38.0. The third-order valence-electron chi connectivity index (χ3n) is 13.8. The predicted molar refractivity (Wildman–Crippen MR) is 334 cm³/mol. The minimum atomic E-state index is -0.787. The Balaban J connectivity index is 4.02. The smallest absolute Gasteiger partial charge is 0.306 e. The first-order valence-electron chi connectivity index (χ1n) is 32.4. The molecule has 1 atom stereocenters. The van der Waals surface area contributed by atoms with Crippen molar-refractivity contribution < 1.29 is 28.6 Å². The predicted octanol–water partition coefficient (Wildman–Crippen LogP) is 22.2. The van der Waals surface area contributed by atoms with Crippen molar-refractivity contribution in [1.29, 1.82) is 0 Å². The Hall–Kier alpha value is -3.93. The quantitative estimate of drug-likeness (QED) is 0.0261. The fourth-order valence-corrected chi connectivity index (χ4v) is 8.99. The van der Waals surface area contributed by atoms with Crippen LogP contribution in [-0.2, 0) is 28.6 Å². The molecule has 0 aromatic heterocycles. The molecule has 0 saturated carbocycles. The second kappa shape index (κ2) is 64.6. The minimum Gasteiger partial charge on any atom is -0.462 e. The molecular weight excluding hydrogens is 949 g/mol. The number of rotatable bonds is 58. The number of ether oxygens (including phenoxy) is 3. The molecule has 77 heavy (non-hydrogen) atoms. The van der Waals surface area contributed by atoms with E-state index in [4.69, 9.17) is 14.2 Å². The van der Waals surface area contributed by atoms with Crippen molar-refractivity contribution in [3.8, 4) is 0 Å². The van der Waals surface area contributed by atoms with Gasteiger partial charge in [-0.05, 0) is 103 Å². The normalized spacial score (nSPS) is 12.8. The summed E-state index contributed by atoms with van der Waals surface area (Å²) in [4.78, 5) is 38.0. The van der Waals surface area contributed by atoms with Gasteiger partial charge in [-0.1, -0.05) is 291 Å². The Morgan fingerprint density at radius 3 is 0.792 bits per heavy atom. The van der Waals surface area contributed by atoms with E-state index in [0.29, 0.717) is 19.3 Å². The second-order valence-corrected chi connectivity index (χ2v) is 21.3. The molecule has 0 N–H and O–H groups in total. The lowest BCUT2D eigenvalue weighted by Crippen LogP contribution is -2.30. The van der Waals surface area contributed by atoms with Crippen molar-refractivity contribution in [2.75, 3.05) is 13.2 Å². The lowest BCUT2D eigenvalue weighted by Gasteiger charge is -2.18. The van der Waals surface area contributed by atoms with Crippen LogP contribution in [0.4, 0.5) is 0 Å². The Morgan fingerprint density at radius 1 is 0.273 bits per heavy atom. The monoisotopic (exact) mass is 1070 g/mol. The van der Waals surface area contributed by atoms with E-state index in [9.17, 15) is 14.4 Å². The Labute approximate surface area is 476 Å². The molecule has 0 fully saturated rings. The van der Waals surface area contributed by atoms with Crippen molar-refractivity contribution in [3.63, 3.8) is 0 Å². The molecule has 0 aliphatic heterocycles. The van der Waals surface area contributed by atoms with E-state index in [0.717, 1.165) is 128 Å². The summed E-state index contributed by atoms with van der Waals surface area (Å²) < 4.78 is 16.8. The summed E-state index contributed by atoms with van der Waals surface area (Å²) in [5, 5.41) is 0. The highest BCUT2D eigenvalue weighted by Gasteiger charge is 2.19. The van der Waals surface area contributed by atoms with Crippen LogP contribution in [0.25, 0.3) is 0 Å². The van der Waals surface area contributed by atoms with Gasteiger partial charge in [0, 0.05) is 19.3 Å². The van der Waals surface area contributed by atoms with E-state index in [1.165, 1.54) is 135 Å². The SMILES string of the molecule is CC/C=C\C/C=C\C/C=C\C/C=C\C/C=C\CCCCCCCCCCCCCCCCCCCCCC(=O)OCC(COC(=O)CCCCCCCCC)OC(=O)CCCCCC/C=C\C/C=C\C/C=C\C/C=C\CC. The third-order valence-corrected chi connectivity index (χ3v) is 13.8. The third kappa shape index (κ3) is 62.8. The van der Waals surface area contributed by atoms with Gasteiger partial charge in [0.05, 0.1) is 0 Å². The molecule has 0 heterocycles. The van der Waals surface area contributed by atoms with Crippen molar-refractivity contribution in [3.05, 3.63) is 109 Å². The van der Waals surface area contributed by atoms with Gasteiger partial charge in [-0.3, -0.25) is 14.4 Å². The summed E-state index contributed by atoms with van der Waals surface area (Å²) in [5.74, 6) is -0.908. The zero-order valence-corrected chi connectivity index (χ0v) is 50.4. The van der Waals surface area contributed by atoms with Gasteiger partial charge < -0.3 is 14.2 Å². The van der Waals surface area contributed by atoms with Crippen molar-refractivity contribution in [2.45, 2.75) is 309 Å². The van der Waals surface area contributed by atoms with Crippen LogP contribution < -0.4 is 0 Å². The van der Waals surface area contributed by atoms with Gasteiger partial charge in [0.15, 0.2) is 6.10 Å². The molecule has 0 aliphatic carbocycles. The molecule has 6 heteroatoms. The standard InChI is InChI=1S/C71H120O6/c1-4-7-10-13-16-18-20-22-24-26-27-28-29-30-31-32-33-34-35-36-37-38-39-40-41-42-43-45-46-48-50-52-55-58-61-64-70(73)76-67-68(66-75-69(72)63-60-57-54-15-12-9-6-3)77-71(74)65-62-59-56-53-51-49-47-44-25-23-21-19-17-14-11-8-5-2/h7-8,10-11,16-19,22-25,27-28,30-31,47,49,68H,4-6,9,12-15,20-21,26,29,32-46,48,50-67H2,1-3H3/b10-7-,11-8-,18-16-,19-17-,24-22-,25-23-,28-27-,31-30-,49-47-. The highest BCUT2D eigenvalue weighted by atomic mass is 16.6. The molecule has 0 amide bonds. The van der Waals surface area contributed by atoms with Crippen LogP contribution in [0.3, 0.4) is 0 Å². The topological polar surface area (TPSA) is 78.9 Å². The molecule has 440 valence electrons. The fourth-order valence-electron chi connectivity index (χ4n) is 8.99. The number of unbranched alkanes of at least 4 members (excludes halogenated alkanes) is 29. The van der Waals surface area contributed by atoms with Gasteiger partial charge in [0.25, 0.3) is 0 Å². The van der Waals surface area contributed by atoms with E-state index in [1.54, 1.807) is 0 Å². The summed E-state index contributed by atoms with van der Waals surface area (Å²) in [6, 6.07) is 0. The van der Waals surface area contributed by atoms with Crippen LogP contribution >= 0.6 is 0 Å². The lowest BCUT2D eigenvalue weighted by molar-refractivity contribution is -0.167. The molecule has 0 aromatic carbocycles. The van der Waals surface area contributed by atoms with Crippen LogP contribution in [0.1, 0.15) is 303 Å². The van der Waals surface area contributed by atoms with E-state index in [2.05, 4.69) is 130 Å². The molecule has 6 nitrogen and oxygen atoms in total. The average Bonchev–Trinajstić information content (AvgIpc) is 3.43. The molecule has 0 aliphatic rings. The second-order valence-electron chi connectivity index (χ2n) is 21.3. The molecule has 0 rings (SSSR count). The summed E-state index contributed by atoms with van der Waals surface area (Å²) in [7, 11) is 0. The highest BCUT2D eigenvalue weighted by Crippen LogP contribution is 2.17. The molecular formula is C71H120O6. The summed E-state index contributed by atoms with van der Waals surface area (Å²) in [6.07, 6.45) is 88.6. The average molecular weight is 1070 g/mol. The number of allylic oxidation sites excluding steroid dienone is 18. The van der Waals surface area contributed by atoms with E-state index < -0.39 is 6.10 Å². The first kappa shape index (κ1) is 73.1. The Bertz CT molecular complexity index is 1560. The van der Waals surface area contributed by atoms with Crippen LogP contribution in [0.5, 0.6) is 0 Å². The van der Waals surface area contributed by atoms with Gasteiger partial charge in [-0.25, -0.2) is 0 Å². The number of carbonyl (C=O) groups is 3. The number of hydrogen-bond donors (Lipinski definition) is 0. The van der Waals surface area contributed by atoms with Crippen LogP contribution in [0, 0.1) is 0 Å². The largest absolute Gasteiger partial charge is 0.462 e. The number of hydrogen-bond acceptors (Lipinski definition) is 6. The number of esters is 3. The molecule has 0 aromatic rings. The van der Waals surface area contributed by atoms with E-state index in [1.807, 2.05) is 0 Å². The van der Waals surface area contributed by atoms with Crippen molar-refractivity contribution >= 4 is 17.9 Å². The fraction of sp³-hybridized carbons (Fsp3) is 0.704. The van der Waals surface area contributed by atoms with E-state index in [-0.39, 0.29) is 31.1 Å². The van der Waals surface area contributed by atoms with E-state index >= 15 is 0 Å². The van der Waals surface area contributed by atoms with Crippen LogP contribution in [-0.4, -0.2) is 37.2 Å². The maximum atomic E-state index is 12.8. The molecule has 0 radical (unpaired) electrons. The molecule has 0 saturated heterocycles. The summed E-state index contributed by atoms with van der Waals surface area (Å²) >= 11 is 0. The number of carbonyl (C=O) groups excluding carboxylic acids is 3. The molecule has 0 bridgehead atoms. The molecule has 0 spiro atoms. The zero-order chi connectivity index (χ0) is 55.7. The lowest BCUT2D eigenvalue weighted by atomic mass is 10.0. The zero-order valence-electron chi connectivity index (χ0n) is 50.4. The maximum absolute atomic E-state index is 12.8. The summed E-state index contributed by atoms with van der Waals surface area (Å²) in [6.45, 7) is 6.36. The van der Waals surface area contributed by atoms with Gasteiger partial charge >= 0.3 is 17.9 Å². The minimum absolute atomic E-state index is 0.0849. The van der Waals surface area contributed by atoms with Gasteiger partial charge in [-0.2, -0.15) is 0 Å².